The van der Waals surface area contributed by atoms with Gasteiger partial charge in [0.25, 0.3) is 0 Å². The second-order valence-corrected chi connectivity index (χ2v) is 3.16. The molecule has 1 rings (SSSR count). The Hall–Kier alpha value is -0.520. The SMILES string of the molecule is CC=CC1=CCC(C)CC1. The van der Waals surface area contributed by atoms with E-state index >= 15 is 0 Å². The van der Waals surface area contributed by atoms with Crippen LogP contribution in [-0.2, 0) is 0 Å². The minimum Gasteiger partial charge on any atom is -0.0874 e. The highest BCUT2D eigenvalue weighted by molar-refractivity contribution is 5.19. The molecule has 0 heteroatoms. The third-order valence-electron chi connectivity index (χ3n) is 2.09. The third-order valence-corrected chi connectivity index (χ3v) is 2.09. The fourth-order valence-corrected chi connectivity index (χ4v) is 1.35. The number of rotatable bonds is 1. The van der Waals surface area contributed by atoms with E-state index < -0.39 is 0 Å². The van der Waals surface area contributed by atoms with Crippen molar-refractivity contribution in [2.45, 2.75) is 33.1 Å². The molecule has 0 bridgehead atoms. The van der Waals surface area contributed by atoms with Crippen molar-refractivity contribution in [3.8, 4) is 0 Å². The normalized spacial score (nSPS) is 27.0. The zero-order valence-electron chi connectivity index (χ0n) is 6.93. The number of hydrogen-bond acceptors (Lipinski definition) is 0. The van der Waals surface area contributed by atoms with E-state index in [0.29, 0.717) is 0 Å². The predicted octanol–water partition coefficient (Wildman–Crippen LogP) is 3.31. The van der Waals surface area contributed by atoms with Gasteiger partial charge in [-0.2, -0.15) is 0 Å². The van der Waals surface area contributed by atoms with Crippen molar-refractivity contribution in [2.75, 3.05) is 0 Å². The molecule has 0 nitrogen and oxygen atoms in total. The van der Waals surface area contributed by atoms with Crippen LogP contribution in [0.15, 0.2) is 23.8 Å². The fourth-order valence-electron chi connectivity index (χ4n) is 1.35. The van der Waals surface area contributed by atoms with Gasteiger partial charge in [0.15, 0.2) is 0 Å². The standard InChI is InChI=1S/C10H16/c1-3-4-10-7-5-9(2)6-8-10/h3-4,7,9H,5-6,8H2,1-2H3. The largest absolute Gasteiger partial charge is 0.0874 e. The molecule has 1 aliphatic rings. The Labute approximate surface area is 63.6 Å². The Bertz CT molecular complexity index is 151. The highest BCUT2D eigenvalue weighted by Crippen LogP contribution is 2.23. The monoisotopic (exact) mass is 136 g/mol. The lowest BCUT2D eigenvalue weighted by Gasteiger charge is -2.15. The van der Waals surface area contributed by atoms with E-state index in [1.807, 2.05) is 0 Å². The van der Waals surface area contributed by atoms with Crippen LogP contribution in [-0.4, -0.2) is 0 Å². The summed E-state index contributed by atoms with van der Waals surface area (Å²) in [5.74, 6) is 0.911. The maximum atomic E-state index is 2.37. The van der Waals surface area contributed by atoms with Gasteiger partial charge in [-0.3, -0.25) is 0 Å². The van der Waals surface area contributed by atoms with Crippen LogP contribution in [0.25, 0.3) is 0 Å². The molecule has 0 amide bonds. The molecule has 0 aromatic rings. The van der Waals surface area contributed by atoms with Crippen molar-refractivity contribution in [1.29, 1.82) is 0 Å². The van der Waals surface area contributed by atoms with Crippen molar-refractivity contribution in [3.05, 3.63) is 23.8 Å². The first kappa shape index (κ1) is 7.59. The first-order valence-electron chi connectivity index (χ1n) is 4.14. The summed E-state index contributed by atoms with van der Waals surface area (Å²) in [4.78, 5) is 0. The quantitative estimate of drug-likeness (QED) is 0.518. The highest BCUT2D eigenvalue weighted by atomic mass is 14.1. The Balaban J connectivity index is 2.48. The predicted molar refractivity (Wildman–Crippen MR) is 45.9 cm³/mol. The molecule has 0 aromatic heterocycles. The van der Waals surface area contributed by atoms with Gasteiger partial charge in [0, 0.05) is 0 Å². The topological polar surface area (TPSA) is 0 Å². The van der Waals surface area contributed by atoms with E-state index in [-0.39, 0.29) is 0 Å². The summed E-state index contributed by atoms with van der Waals surface area (Å²) in [5, 5.41) is 0. The molecule has 56 valence electrons. The first-order valence-corrected chi connectivity index (χ1v) is 4.14. The molecule has 0 saturated heterocycles. The van der Waals surface area contributed by atoms with Crippen molar-refractivity contribution in [3.63, 3.8) is 0 Å². The lowest BCUT2D eigenvalue weighted by Crippen LogP contribution is -1.99. The summed E-state index contributed by atoms with van der Waals surface area (Å²) in [5.41, 5.74) is 1.53. The lowest BCUT2D eigenvalue weighted by molar-refractivity contribution is 0.518. The molecule has 0 N–H and O–H groups in total. The Morgan fingerprint density at radius 3 is 2.90 bits per heavy atom. The lowest BCUT2D eigenvalue weighted by atomic mass is 9.91. The average Bonchev–Trinajstić information content (AvgIpc) is 1.95. The van der Waals surface area contributed by atoms with Gasteiger partial charge in [-0.25, -0.2) is 0 Å². The molecule has 0 spiro atoms. The summed E-state index contributed by atoms with van der Waals surface area (Å²) < 4.78 is 0. The molecule has 0 heterocycles. The Kier molecular flexibility index (Phi) is 2.73. The van der Waals surface area contributed by atoms with Gasteiger partial charge < -0.3 is 0 Å². The highest BCUT2D eigenvalue weighted by Gasteiger charge is 2.06. The first-order chi connectivity index (χ1) is 4.83. The summed E-state index contributed by atoms with van der Waals surface area (Å²) in [7, 11) is 0. The van der Waals surface area contributed by atoms with Gasteiger partial charge in [-0.15, -0.1) is 0 Å². The van der Waals surface area contributed by atoms with Crippen LogP contribution in [0.2, 0.25) is 0 Å². The van der Waals surface area contributed by atoms with Crippen molar-refractivity contribution < 1.29 is 0 Å². The molecule has 1 atom stereocenters. The molecule has 0 aromatic carbocycles. The number of hydrogen-bond donors (Lipinski definition) is 0. The second kappa shape index (κ2) is 3.60. The average molecular weight is 136 g/mol. The smallest absolute Gasteiger partial charge is 0.0280 e. The molecular formula is C10H16. The van der Waals surface area contributed by atoms with Crippen LogP contribution in [0.3, 0.4) is 0 Å². The Morgan fingerprint density at radius 2 is 2.40 bits per heavy atom. The van der Waals surface area contributed by atoms with E-state index in [9.17, 15) is 0 Å². The third kappa shape index (κ3) is 2.02. The fraction of sp³-hybridized carbons (Fsp3) is 0.600. The zero-order chi connectivity index (χ0) is 7.40. The van der Waals surface area contributed by atoms with Crippen LogP contribution in [0, 0.1) is 5.92 Å². The van der Waals surface area contributed by atoms with Crippen LogP contribution in [0.1, 0.15) is 33.1 Å². The van der Waals surface area contributed by atoms with Crippen molar-refractivity contribution in [1.82, 2.24) is 0 Å². The molecule has 0 aliphatic heterocycles. The molecular weight excluding hydrogens is 120 g/mol. The van der Waals surface area contributed by atoms with Gasteiger partial charge in [-0.1, -0.05) is 30.7 Å². The van der Waals surface area contributed by atoms with Crippen LogP contribution >= 0.6 is 0 Å². The van der Waals surface area contributed by atoms with Gasteiger partial charge in [0.05, 0.1) is 0 Å². The summed E-state index contributed by atoms with van der Waals surface area (Å²) in [6, 6.07) is 0. The minimum atomic E-state index is 0.911. The summed E-state index contributed by atoms with van der Waals surface area (Å²) >= 11 is 0. The van der Waals surface area contributed by atoms with E-state index in [1.165, 1.54) is 24.8 Å². The van der Waals surface area contributed by atoms with E-state index in [4.69, 9.17) is 0 Å². The molecule has 1 unspecified atom stereocenters. The van der Waals surface area contributed by atoms with Crippen molar-refractivity contribution >= 4 is 0 Å². The van der Waals surface area contributed by atoms with Gasteiger partial charge >= 0.3 is 0 Å². The molecule has 0 saturated carbocycles. The Morgan fingerprint density at radius 1 is 1.60 bits per heavy atom. The maximum Gasteiger partial charge on any atom is -0.0280 e. The van der Waals surface area contributed by atoms with Crippen LogP contribution < -0.4 is 0 Å². The van der Waals surface area contributed by atoms with Crippen LogP contribution in [0.4, 0.5) is 0 Å². The van der Waals surface area contributed by atoms with Gasteiger partial charge in [0.1, 0.15) is 0 Å². The van der Waals surface area contributed by atoms with E-state index in [2.05, 4.69) is 32.1 Å². The van der Waals surface area contributed by atoms with Crippen LogP contribution in [0.5, 0.6) is 0 Å². The van der Waals surface area contributed by atoms with E-state index in [1.54, 1.807) is 0 Å². The zero-order valence-corrected chi connectivity index (χ0v) is 6.93. The van der Waals surface area contributed by atoms with Gasteiger partial charge in [0.2, 0.25) is 0 Å². The number of allylic oxidation sites excluding steroid dienone is 4. The molecule has 0 fully saturated rings. The van der Waals surface area contributed by atoms with E-state index in [0.717, 1.165) is 5.92 Å². The summed E-state index contributed by atoms with van der Waals surface area (Å²) in [6.07, 6.45) is 10.7. The summed E-state index contributed by atoms with van der Waals surface area (Å²) in [6.45, 7) is 4.40. The van der Waals surface area contributed by atoms with Crippen molar-refractivity contribution in [2.24, 2.45) is 5.92 Å². The minimum absolute atomic E-state index is 0.911. The molecule has 1 aliphatic carbocycles. The second-order valence-electron chi connectivity index (χ2n) is 3.16. The van der Waals surface area contributed by atoms with Gasteiger partial charge in [-0.05, 0) is 32.1 Å². The maximum absolute atomic E-state index is 2.37. The molecule has 10 heavy (non-hydrogen) atoms. The molecule has 0 radical (unpaired) electrons.